The molecule has 0 heterocycles. The van der Waals surface area contributed by atoms with Crippen molar-refractivity contribution in [1.29, 1.82) is 0 Å². The van der Waals surface area contributed by atoms with Gasteiger partial charge in [-0.05, 0) is 33.3 Å². The highest BCUT2D eigenvalue weighted by Crippen LogP contribution is 2.10. The van der Waals surface area contributed by atoms with Gasteiger partial charge in [-0.15, -0.1) is 0 Å². The summed E-state index contributed by atoms with van der Waals surface area (Å²) in [5.41, 5.74) is 1.46. The number of sulfonamides is 1. The Balaban J connectivity index is 2.81. The molecule has 0 atom stereocenters. The van der Waals surface area contributed by atoms with Crippen LogP contribution in [0.2, 0.25) is 0 Å². The number of aryl methyl sites for hydroxylation is 1. The van der Waals surface area contributed by atoms with Crippen molar-refractivity contribution in [3.63, 3.8) is 0 Å². The van der Waals surface area contributed by atoms with Crippen LogP contribution in [0.1, 0.15) is 31.9 Å². The Morgan fingerprint density at radius 1 is 1.25 bits per heavy atom. The number of nitrogens with one attached hydrogen (secondary N) is 1. The van der Waals surface area contributed by atoms with Gasteiger partial charge in [-0.25, -0.2) is 13.1 Å². The van der Waals surface area contributed by atoms with Crippen molar-refractivity contribution in [2.24, 2.45) is 0 Å². The van der Waals surface area contributed by atoms with Crippen molar-refractivity contribution in [1.82, 2.24) is 4.72 Å². The molecule has 16 heavy (non-hydrogen) atoms. The molecule has 0 amide bonds. The predicted octanol–water partition coefficient (Wildman–Crippen LogP) is 2.21. The Morgan fingerprint density at radius 3 is 2.38 bits per heavy atom. The Morgan fingerprint density at radius 2 is 1.88 bits per heavy atom. The quantitative estimate of drug-likeness (QED) is 0.882. The topological polar surface area (TPSA) is 46.2 Å². The van der Waals surface area contributed by atoms with Gasteiger partial charge in [0.05, 0.1) is 5.75 Å². The van der Waals surface area contributed by atoms with Crippen LogP contribution in [0.4, 0.5) is 0 Å². The lowest BCUT2D eigenvalue weighted by molar-refractivity contribution is 0.491. The van der Waals surface area contributed by atoms with Crippen LogP contribution in [0.5, 0.6) is 0 Å². The van der Waals surface area contributed by atoms with E-state index in [-0.39, 0.29) is 5.75 Å². The molecule has 3 nitrogen and oxygen atoms in total. The van der Waals surface area contributed by atoms with E-state index in [2.05, 4.69) is 4.72 Å². The molecule has 1 N–H and O–H groups in total. The highest BCUT2D eigenvalue weighted by atomic mass is 32.2. The smallest absolute Gasteiger partial charge is 0.212 e. The maximum Gasteiger partial charge on any atom is 0.216 e. The number of benzene rings is 1. The van der Waals surface area contributed by atoms with Gasteiger partial charge >= 0.3 is 0 Å². The molecule has 0 radical (unpaired) electrons. The summed E-state index contributed by atoms with van der Waals surface area (Å²) in [6.07, 6.45) is 0. The first-order valence-electron chi connectivity index (χ1n) is 5.25. The van der Waals surface area contributed by atoms with Crippen LogP contribution >= 0.6 is 0 Å². The van der Waals surface area contributed by atoms with Crippen molar-refractivity contribution >= 4 is 10.0 Å². The van der Waals surface area contributed by atoms with Crippen molar-refractivity contribution in [2.75, 3.05) is 0 Å². The molecule has 1 rings (SSSR count). The highest BCUT2D eigenvalue weighted by Gasteiger charge is 2.20. The zero-order valence-electron chi connectivity index (χ0n) is 10.2. The Bertz CT molecular complexity index is 458. The lowest BCUT2D eigenvalue weighted by Crippen LogP contribution is -2.41. The van der Waals surface area contributed by atoms with E-state index < -0.39 is 15.6 Å². The zero-order chi connectivity index (χ0) is 12.4. The van der Waals surface area contributed by atoms with Gasteiger partial charge in [-0.3, -0.25) is 0 Å². The van der Waals surface area contributed by atoms with Gasteiger partial charge < -0.3 is 0 Å². The van der Waals surface area contributed by atoms with Crippen molar-refractivity contribution < 1.29 is 8.42 Å². The molecule has 0 saturated heterocycles. The second-order valence-corrected chi connectivity index (χ2v) is 6.82. The van der Waals surface area contributed by atoms with E-state index >= 15 is 0 Å². The van der Waals surface area contributed by atoms with Gasteiger partial charge in [-0.2, -0.15) is 0 Å². The maximum atomic E-state index is 11.8. The van der Waals surface area contributed by atoms with Crippen LogP contribution in [0.25, 0.3) is 0 Å². The zero-order valence-corrected chi connectivity index (χ0v) is 11.1. The van der Waals surface area contributed by atoms with Crippen LogP contribution in [-0.2, 0) is 15.8 Å². The third-order valence-corrected chi connectivity index (χ3v) is 3.54. The Labute approximate surface area is 97.9 Å². The first-order valence-corrected chi connectivity index (χ1v) is 6.90. The molecule has 0 bridgehead atoms. The number of hydrogen-bond acceptors (Lipinski definition) is 2. The van der Waals surface area contributed by atoms with E-state index in [1.807, 2.05) is 52.0 Å². The minimum atomic E-state index is -3.26. The molecule has 0 fully saturated rings. The standard InChI is InChI=1S/C12H19NO2S/c1-10-6-5-7-11(8-10)9-16(14,15)13-12(2,3)4/h5-8,13H,9H2,1-4H3. The van der Waals surface area contributed by atoms with E-state index in [1.165, 1.54) is 0 Å². The molecule has 0 aliphatic carbocycles. The molecular formula is C12H19NO2S. The monoisotopic (exact) mass is 241 g/mol. The van der Waals surface area contributed by atoms with Gasteiger partial charge in [0, 0.05) is 5.54 Å². The van der Waals surface area contributed by atoms with Crippen molar-refractivity contribution in [3.8, 4) is 0 Å². The average Bonchev–Trinajstić information content (AvgIpc) is 1.96. The first kappa shape index (κ1) is 13.2. The summed E-state index contributed by atoms with van der Waals surface area (Å²) in [4.78, 5) is 0. The van der Waals surface area contributed by atoms with Crippen LogP contribution in [0.3, 0.4) is 0 Å². The molecule has 0 aliphatic heterocycles. The average molecular weight is 241 g/mol. The van der Waals surface area contributed by atoms with E-state index in [0.717, 1.165) is 11.1 Å². The lowest BCUT2D eigenvalue weighted by atomic mass is 10.1. The summed E-state index contributed by atoms with van der Waals surface area (Å²) in [5.74, 6) is 0.0337. The highest BCUT2D eigenvalue weighted by molar-refractivity contribution is 7.88. The normalized spacial score (nSPS) is 12.8. The van der Waals surface area contributed by atoms with Gasteiger partial charge in [-0.1, -0.05) is 29.8 Å². The van der Waals surface area contributed by atoms with Crippen LogP contribution < -0.4 is 4.72 Å². The molecule has 0 spiro atoms. The van der Waals surface area contributed by atoms with Crippen LogP contribution in [-0.4, -0.2) is 14.0 Å². The van der Waals surface area contributed by atoms with E-state index in [9.17, 15) is 8.42 Å². The third-order valence-electron chi connectivity index (χ3n) is 1.90. The molecular weight excluding hydrogens is 222 g/mol. The number of hydrogen-bond donors (Lipinski definition) is 1. The second-order valence-electron chi connectivity index (χ2n) is 5.10. The van der Waals surface area contributed by atoms with E-state index in [0.29, 0.717) is 0 Å². The van der Waals surface area contributed by atoms with Crippen molar-refractivity contribution in [3.05, 3.63) is 35.4 Å². The maximum absolute atomic E-state index is 11.8. The van der Waals surface area contributed by atoms with Gasteiger partial charge in [0.25, 0.3) is 0 Å². The minimum absolute atomic E-state index is 0.0337. The summed E-state index contributed by atoms with van der Waals surface area (Å²) in [6.45, 7) is 7.45. The Kier molecular flexibility index (Phi) is 3.76. The second kappa shape index (κ2) is 4.55. The number of rotatable bonds is 3. The fourth-order valence-corrected chi connectivity index (χ4v) is 3.15. The molecule has 1 aromatic rings. The summed E-state index contributed by atoms with van der Waals surface area (Å²) >= 11 is 0. The molecule has 4 heteroatoms. The largest absolute Gasteiger partial charge is 0.216 e. The summed E-state index contributed by atoms with van der Waals surface area (Å²) in [6, 6.07) is 7.54. The van der Waals surface area contributed by atoms with Crippen LogP contribution in [0, 0.1) is 6.92 Å². The molecule has 0 aromatic heterocycles. The SMILES string of the molecule is Cc1cccc(CS(=O)(=O)NC(C)(C)C)c1. The third kappa shape index (κ3) is 4.77. The Hall–Kier alpha value is -0.870. The fourth-order valence-electron chi connectivity index (χ4n) is 1.52. The first-order chi connectivity index (χ1) is 7.18. The van der Waals surface area contributed by atoms with E-state index in [1.54, 1.807) is 0 Å². The van der Waals surface area contributed by atoms with E-state index in [4.69, 9.17) is 0 Å². The molecule has 1 aromatic carbocycles. The minimum Gasteiger partial charge on any atom is -0.212 e. The van der Waals surface area contributed by atoms with Gasteiger partial charge in [0.1, 0.15) is 0 Å². The van der Waals surface area contributed by atoms with Gasteiger partial charge in [0.15, 0.2) is 0 Å². The van der Waals surface area contributed by atoms with Gasteiger partial charge in [0.2, 0.25) is 10.0 Å². The molecule has 0 unspecified atom stereocenters. The van der Waals surface area contributed by atoms with Crippen molar-refractivity contribution in [2.45, 2.75) is 39.0 Å². The molecule has 90 valence electrons. The predicted molar refractivity (Wildman–Crippen MR) is 66.7 cm³/mol. The lowest BCUT2D eigenvalue weighted by Gasteiger charge is -2.20. The fraction of sp³-hybridized carbons (Fsp3) is 0.500. The molecule has 0 saturated carbocycles. The van der Waals surface area contributed by atoms with Crippen LogP contribution in [0.15, 0.2) is 24.3 Å². The summed E-state index contributed by atoms with van der Waals surface area (Å²) < 4.78 is 26.3. The summed E-state index contributed by atoms with van der Waals surface area (Å²) in [5, 5.41) is 0. The molecule has 0 aliphatic rings. The summed E-state index contributed by atoms with van der Waals surface area (Å²) in [7, 11) is -3.26.